The van der Waals surface area contributed by atoms with Gasteiger partial charge in [-0.05, 0) is 37.0 Å². The Kier molecular flexibility index (Phi) is 4.72. The summed E-state index contributed by atoms with van der Waals surface area (Å²) in [5.74, 6) is 1.32. The number of benzene rings is 1. The van der Waals surface area contributed by atoms with Gasteiger partial charge in [-0.25, -0.2) is 4.98 Å². The van der Waals surface area contributed by atoms with Gasteiger partial charge in [-0.2, -0.15) is 0 Å². The first-order valence-corrected chi connectivity index (χ1v) is 9.26. The Balaban J connectivity index is 1.61. The van der Waals surface area contributed by atoms with Gasteiger partial charge in [0, 0.05) is 18.1 Å². The quantitative estimate of drug-likeness (QED) is 0.781. The van der Waals surface area contributed by atoms with Crippen molar-refractivity contribution >= 4 is 50.8 Å². The molecule has 1 atom stereocenters. The van der Waals surface area contributed by atoms with Gasteiger partial charge in [0.15, 0.2) is 4.34 Å². The number of carbonyl (C=O) groups excluding carboxylic acids is 1. The molecule has 0 radical (unpaired) electrons. The monoisotopic (exact) mass is 340 g/mol. The summed E-state index contributed by atoms with van der Waals surface area (Å²) >= 11 is 9.11. The van der Waals surface area contributed by atoms with E-state index in [1.54, 1.807) is 11.3 Å². The number of fused-ring (bicyclic) bond motifs is 1. The van der Waals surface area contributed by atoms with Crippen LogP contribution in [0.3, 0.4) is 0 Å². The zero-order valence-electron chi connectivity index (χ0n) is 11.8. The van der Waals surface area contributed by atoms with Gasteiger partial charge in [-0.1, -0.05) is 30.3 Å². The van der Waals surface area contributed by atoms with Crippen LogP contribution < -0.4 is 0 Å². The van der Waals surface area contributed by atoms with Crippen molar-refractivity contribution in [1.82, 2.24) is 9.88 Å². The Morgan fingerprint density at radius 2 is 2.43 bits per heavy atom. The lowest BCUT2D eigenvalue weighted by atomic mass is 10.0. The van der Waals surface area contributed by atoms with Crippen molar-refractivity contribution in [2.24, 2.45) is 5.92 Å². The number of nitrogens with zero attached hydrogens (tertiary/aromatic N) is 2. The molecule has 3 nitrogen and oxygen atoms in total. The van der Waals surface area contributed by atoms with Crippen LogP contribution in [0.1, 0.15) is 19.8 Å². The number of hydrogen-bond acceptors (Lipinski definition) is 4. The predicted octanol–water partition coefficient (Wildman–Crippen LogP) is 4.30. The fourth-order valence-electron chi connectivity index (χ4n) is 2.57. The summed E-state index contributed by atoms with van der Waals surface area (Å²) in [7, 11) is 0. The maximum absolute atomic E-state index is 12.2. The lowest BCUT2D eigenvalue weighted by molar-refractivity contribution is -0.130. The molecule has 3 rings (SSSR count). The number of thiazole rings is 1. The summed E-state index contributed by atoms with van der Waals surface area (Å²) in [6.07, 6.45) is 2.35. The van der Waals surface area contributed by atoms with Crippen molar-refractivity contribution < 1.29 is 4.79 Å². The van der Waals surface area contributed by atoms with Gasteiger partial charge in [-0.3, -0.25) is 4.79 Å². The smallest absolute Gasteiger partial charge is 0.233 e. The minimum Gasteiger partial charge on any atom is -0.342 e. The number of hydrogen-bond donors (Lipinski definition) is 0. The first kappa shape index (κ1) is 15.1. The van der Waals surface area contributed by atoms with Gasteiger partial charge in [0.2, 0.25) is 5.91 Å². The number of thioether (sulfide) groups is 1. The maximum atomic E-state index is 12.2. The molecule has 0 bridgehead atoms. The minimum atomic E-state index is 0.226. The van der Waals surface area contributed by atoms with Crippen LogP contribution in [0.25, 0.3) is 10.2 Å². The molecule has 1 saturated heterocycles. The molecule has 21 heavy (non-hydrogen) atoms. The van der Waals surface area contributed by atoms with Crippen LogP contribution in [0.2, 0.25) is 5.02 Å². The van der Waals surface area contributed by atoms with Gasteiger partial charge in [0.1, 0.15) is 0 Å². The molecule has 2 heterocycles. The molecule has 1 aliphatic rings. The molecular formula is C15H17ClN2OS2. The Hall–Kier alpha value is -0.780. The van der Waals surface area contributed by atoms with Gasteiger partial charge in [-0.15, -0.1) is 11.3 Å². The number of aromatic nitrogens is 1. The van der Waals surface area contributed by atoms with Gasteiger partial charge < -0.3 is 4.90 Å². The molecule has 1 fully saturated rings. The van der Waals surface area contributed by atoms with E-state index in [1.807, 2.05) is 23.1 Å². The fraction of sp³-hybridized carbons (Fsp3) is 0.467. The SMILES string of the molecule is CC1CCCN(C(=O)CSc2nc3cc(Cl)ccc3s2)C1. The van der Waals surface area contributed by atoms with Crippen molar-refractivity contribution in [2.45, 2.75) is 24.1 Å². The molecule has 0 N–H and O–H groups in total. The Morgan fingerprint density at radius 1 is 1.57 bits per heavy atom. The van der Waals surface area contributed by atoms with Crippen LogP contribution in [-0.2, 0) is 4.79 Å². The molecule has 0 saturated carbocycles. The van der Waals surface area contributed by atoms with Crippen LogP contribution in [0, 0.1) is 5.92 Å². The topological polar surface area (TPSA) is 33.2 Å². The molecule has 1 amide bonds. The van der Waals surface area contributed by atoms with Crippen LogP contribution >= 0.6 is 34.7 Å². The molecule has 1 aliphatic heterocycles. The van der Waals surface area contributed by atoms with Gasteiger partial charge in [0.05, 0.1) is 16.0 Å². The average molecular weight is 341 g/mol. The Morgan fingerprint density at radius 3 is 3.24 bits per heavy atom. The number of carbonyl (C=O) groups is 1. The third kappa shape index (κ3) is 3.71. The van der Waals surface area contributed by atoms with E-state index in [1.165, 1.54) is 18.2 Å². The first-order chi connectivity index (χ1) is 10.1. The normalized spacial score (nSPS) is 19.1. The standard InChI is InChI=1S/C15H17ClN2OS2/c1-10-3-2-6-18(8-10)14(19)9-20-15-17-12-7-11(16)4-5-13(12)21-15/h4-5,7,10H,2-3,6,8-9H2,1H3. The van der Waals surface area contributed by atoms with E-state index in [2.05, 4.69) is 11.9 Å². The average Bonchev–Trinajstić information content (AvgIpc) is 2.86. The minimum absolute atomic E-state index is 0.226. The summed E-state index contributed by atoms with van der Waals surface area (Å²) in [6, 6.07) is 5.72. The second-order valence-corrected chi connectivity index (χ2v) is 8.16. The highest BCUT2D eigenvalue weighted by Crippen LogP contribution is 2.31. The van der Waals surface area contributed by atoms with E-state index in [4.69, 9.17) is 11.6 Å². The molecule has 112 valence electrons. The van der Waals surface area contributed by atoms with E-state index in [-0.39, 0.29) is 5.91 Å². The molecule has 0 spiro atoms. The molecule has 0 aliphatic carbocycles. The summed E-state index contributed by atoms with van der Waals surface area (Å²) in [5.41, 5.74) is 0.911. The predicted molar refractivity (Wildman–Crippen MR) is 90.3 cm³/mol. The third-order valence-corrected chi connectivity index (χ3v) is 6.06. The fourth-order valence-corrected chi connectivity index (χ4v) is 4.69. The molecule has 1 aromatic carbocycles. The zero-order chi connectivity index (χ0) is 14.8. The number of halogens is 1. The summed E-state index contributed by atoms with van der Waals surface area (Å²) in [5, 5.41) is 0.697. The van der Waals surface area contributed by atoms with Crippen LogP contribution in [0.15, 0.2) is 22.5 Å². The van der Waals surface area contributed by atoms with Crippen LogP contribution in [0.5, 0.6) is 0 Å². The lowest BCUT2D eigenvalue weighted by Crippen LogP contribution is -2.40. The Labute approximate surface area is 137 Å². The molecule has 2 aromatic rings. The summed E-state index contributed by atoms with van der Waals surface area (Å²) in [6.45, 7) is 4.01. The second kappa shape index (κ2) is 6.55. The number of piperidine rings is 1. The molecule has 6 heteroatoms. The van der Waals surface area contributed by atoms with Crippen LogP contribution in [0.4, 0.5) is 0 Å². The summed E-state index contributed by atoms with van der Waals surface area (Å²) < 4.78 is 2.05. The van der Waals surface area contributed by atoms with Crippen molar-refractivity contribution in [3.8, 4) is 0 Å². The highest BCUT2D eigenvalue weighted by atomic mass is 35.5. The molecular weight excluding hydrogens is 324 g/mol. The van der Waals surface area contributed by atoms with E-state index >= 15 is 0 Å². The summed E-state index contributed by atoms with van der Waals surface area (Å²) in [4.78, 5) is 18.8. The van der Waals surface area contributed by atoms with Crippen molar-refractivity contribution in [1.29, 1.82) is 0 Å². The molecule has 1 unspecified atom stereocenters. The lowest BCUT2D eigenvalue weighted by Gasteiger charge is -2.30. The number of amides is 1. The highest BCUT2D eigenvalue weighted by molar-refractivity contribution is 8.01. The zero-order valence-corrected chi connectivity index (χ0v) is 14.2. The van der Waals surface area contributed by atoms with E-state index in [0.717, 1.165) is 34.1 Å². The van der Waals surface area contributed by atoms with E-state index in [0.29, 0.717) is 16.7 Å². The van der Waals surface area contributed by atoms with Crippen molar-refractivity contribution in [3.05, 3.63) is 23.2 Å². The van der Waals surface area contributed by atoms with Crippen molar-refractivity contribution in [3.63, 3.8) is 0 Å². The van der Waals surface area contributed by atoms with E-state index < -0.39 is 0 Å². The maximum Gasteiger partial charge on any atom is 0.233 e. The number of likely N-dealkylation sites (tertiary alicyclic amines) is 1. The second-order valence-electron chi connectivity index (χ2n) is 5.47. The largest absolute Gasteiger partial charge is 0.342 e. The van der Waals surface area contributed by atoms with Crippen LogP contribution in [-0.4, -0.2) is 34.6 Å². The third-order valence-electron chi connectivity index (χ3n) is 3.66. The van der Waals surface area contributed by atoms with Crippen molar-refractivity contribution in [2.75, 3.05) is 18.8 Å². The van der Waals surface area contributed by atoms with Gasteiger partial charge in [0.25, 0.3) is 0 Å². The van der Waals surface area contributed by atoms with E-state index in [9.17, 15) is 4.79 Å². The number of rotatable bonds is 3. The highest BCUT2D eigenvalue weighted by Gasteiger charge is 2.21. The molecule has 1 aromatic heterocycles. The Bertz CT molecular complexity index is 658. The van der Waals surface area contributed by atoms with Gasteiger partial charge >= 0.3 is 0 Å². The first-order valence-electron chi connectivity index (χ1n) is 7.08.